The van der Waals surface area contributed by atoms with Crippen molar-refractivity contribution in [2.45, 2.75) is 53.2 Å². The molecular weight excluding hydrogens is 236 g/mol. The summed E-state index contributed by atoms with van der Waals surface area (Å²) >= 11 is 0. The van der Waals surface area contributed by atoms with E-state index >= 15 is 0 Å². The molecule has 0 amide bonds. The molecule has 4 heteroatoms. The van der Waals surface area contributed by atoms with Crippen molar-refractivity contribution >= 4 is 0 Å². The number of nitrogens with one attached hydrogen (secondary N) is 1. The summed E-state index contributed by atoms with van der Waals surface area (Å²) in [5.74, 6) is 0.807. The zero-order valence-electron chi connectivity index (χ0n) is 12.8. The van der Waals surface area contributed by atoms with E-state index in [9.17, 15) is 0 Å². The molecule has 0 saturated carbocycles. The van der Waals surface area contributed by atoms with E-state index < -0.39 is 0 Å². The van der Waals surface area contributed by atoms with Gasteiger partial charge in [0.15, 0.2) is 0 Å². The Kier molecular flexibility index (Phi) is 4.99. The van der Waals surface area contributed by atoms with Crippen molar-refractivity contribution in [3.05, 3.63) is 17.5 Å². The van der Waals surface area contributed by atoms with E-state index in [0.717, 1.165) is 31.2 Å². The molecule has 1 N–H and O–H groups in total. The number of hydrogen-bond acceptors (Lipinski definition) is 3. The average Bonchev–Trinajstić information content (AvgIpc) is 2.96. The highest BCUT2D eigenvalue weighted by Gasteiger charge is 2.23. The maximum absolute atomic E-state index is 4.48. The molecule has 1 aromatic heterocycles. The summed E-state index contributed by atoms with van der Waals surface area (Å²) in [6, 6.07) is 2.88. The summed E-state index contributed by atoms with van der Waals surface area (Å²) in [5, 5.41) is 8.09. The highest BCUT2D eigenvalue weighted by molar-refractivity contribution is 5.08. The third-order valence-electron chi connectivity index (χ3n) is 4.07. The number of aryl methyl sites for hydroxylation is 2. The van der Waals surface area contributed by atoms with Crippen molar-refractivity contribution in [1.82, 2.24) is 20.0 Å². The van der Waals surface area contributed by atoms with E-state index in [0.29, 0.717) is 6.04 Å². The van der Waals surface area contributed by atoms with Crippen molar-refractivity contribution < 1.29 is 0 Å². The Morgan fingerprint density at radius 2 is 2.26 bits per heavy atom. The van der Waals surface area contributed by atoms with Crippen LogP contribution in [0, 0.1) is 12.8 Å². The molecule has 1 aliphatic rings. The minimum absolute atomic E-state index is 0.689. The van der Waals surface area contributed by atoms with E-state index in [4.69, 9.17) is 0 Å². The molecule has 2 rings (SSSR count). The van der Waals surface area contributed by atoms with Crippen molar-refractivity contribution in [2.75, 3.05) is 19.6 Å². The van der Waals surface area contributed by atoms with Gasteiger partial charge in [-0.3, -0.25) is 4.68 Å². The van der Waals surface area contributed by atoms with Crippen LogP contribution >= 0.6 is 0 Å². The second-order valence-corrected chi connectivity index (χ2v) is 5.97. The fourth-order valence-corrected chi connectivity index (χ4v) is 2.92. The first-order valence-electron chi connectivity index (χ1n) is 7.58. The van der Waals surface area contributed by atoms with Crippen LogP contribution in [0.15, 0.2) is 6.07 Å². The zero-order valence-corrected chi connectivity index (χ0v) is 12.8. The van der Waals surface area contributed by atoms with E-state index in [1.807, 2.05) is 0 Å². The second kappa shape index (κ2) is 6.53. The lowest BCUT2D eigenvalue weighted by Gasteiger charge is -2.20. The third-order valence-corrected chi connectivity index (χ3v) is 4.07. The highest BCUT2D eigenvalue weighted by Crippen LogP contribution is 2.17. The third kappa shape index (κ3) is 3.80. The number of hydrogen-bond donors (Lipinski definition) is 1. The summed E-state index contributed by atoms with van der Waals surface area (Å²) in [5.41, 5.74) is 2.42. The van der Waals surface area contributed by atoms with Gasteiger partial charge in [-0.2, -0.15) is 5.10 Å². The fourth-order valence-electron chi connectivity index (χ4n) is 2.92. The van der Waals surface area contributed by atoms with Crippen LogP contribution in [-0.4, -0.2) is 40.4 Å². The topological polar surface area (TPSA) is 33.1 Å². The summed E-state index contributed by atoms with van der Waals surface area (Å²) in [4.78, 5) is 2.58. The van der Waals surface area contributed by atoms with Crippen LogP contribution in [0.5, 0.6) is 0 Å². The predicted octanol–water partition coefficient (Wildman–Crippen LogP) is 2.03. The molecule has 1 fully saturated rings. The van der Waals surface area contributed by atoms with Crippen molar-refractivity contribution in [3.63, 3.8) is 0 Å². The Balaban J connectivity index is 1.75. The van der Waals surface area contributed by atoms with Gasteiger partial charge in [0.1, 0.15) is 0 Å². The lowest BCUT2D eigenvalue weighted by atomic mass is 10.1. The molecule has 1 aliphatic heterocycles. The Bertz CT molecular complexity index is 397. The first-order chi connectivity index (χ1) is 9.10. The maximum atomic E-state index is 4.48. The van der Waals surface area contributed by atoms with Gasteiger partial charge in [0, 0.05) is 25.7 Å². The lowest BCUT2D eigenvalue weighted by molar-refractivity contribution is 0.264. The molecule has 0 aliphatic carbocycles. The van der Waals surface area contributed by atoms with Crippen LogP contribution in [0.1, 0.15) is 38.6 Å². The van der Waals surface area contributed by atoms with Crippen molar-refractivity contribution in [2.24, 2.45) is 5.92 Å². The second-order valence-electron chi connectivity index (χ2n) is 5.97. The van der Waals surface area contributed by atoms with Gasteiger partial charge in [-0.05, 0) is 59.2 Å². The minimum atomic E-state index is 0.689. The normalized spacial score (nSPS) is 20.6. The highest BCUT2D eigenvalue weighted by atomic mass is 15.3. The van der Waals surface area contributed by atoms with Crippen LogP contribution in [0.4, 0.5) is 0 Å². The van der Waals surface area contributed by atoms with Crippen LogP contribution < -0.4 is 5.32 Å². The van der Waals surface area contributed by atoms with E-state index in [2.05, 4.69) is 53.8 Å². The van der Waals surface area contributed by atoms with Crippen molar-refractivity contribution in [1.29, 1.82) is 0 Å². The maximum Gasteiger partial charge on any atom is 0.0597 e. The molecule has 1 saturated heterocycles. The van der Waals surface area contributed by atoms with Crippen LogP contribution in [0.3, 0.4) is 0 Å². The van der Waals surface area contributed by atoms with E-state index in [-0.39, 0.29) is 0 Å². The molecule has 1 aromatic rings. The number of rotatable bonds is 6. The molecule has 4 nitrogen and oxygen atoms in total. The van der Waals surface area contributed by atoms with Crippen LogP contribution in [-0.2, 0) is 13.1 Å². The van der Waals surface area contributed by atoms with E-state index in [1.54, 1.807) is 0 Å². The molecular formula is C15H28N4. The fraction of sp³-hybridized carbons (Fsp3) is 0.800. The standard InChI is InChI=1S/C15H28N4/c1-5-19-15(8-13(4)17-19)10-16-9-14-6-7-18(11-14)12(2)3/h8,12,14,16H,5-7,9-11H2,1-4H3. The van der Waals surface area contributed by atoms with Gasteiger partial charge in [0.2, 0.25) is 0 Å². The molecule has 19 heavy (non-hydrogen) atoms. The van der Waals surface area contributed by atoms with Gasteiger partial charge >= 0.3 is 0 Å². The molecule has 2 heterocycles. The lowest BCUT2D eigenvalue weighted by Crippen LogP contribution is -2.30. The van der Waals surface area contributed by atoms with Crippen molar-refractivity contribution in [3.8, 4) is 0 Å². The van der Waals surface area contributed by atoms with Gasteiger partial charge in [-0.25, -0.2) is 0 Å². The Labute approximate surface area is 117 Å². The molecule has 108 valence electrons. The van der Waals surface area contributed by atoms with Gasteiger partial charge in [0.25, 0.3) is 0 Å². The molecule has 0 aromatic carbocycles. The van der Waals surface area contributed by atoms with E-state index in [1.165, 1.54) is 25.2 Å². The Morgan fingerprint density at radius 1 is 1.47 bits per heavy atom. The molecule has 1 atom stereocenters. The van der Waals surface area contributed by atoms with Crippen LogP contribution in [0.2, 0.25) is 0 Å². The number of nitrogens with zero attached hydrogens (tertiary/aromatic N) is 3. The summed E-state index contributed by atoms with van der Waals surface area (Å²) in [6.07, 6.45) is 1.33. The number of likely N-dealkylation sites (tertiary alicyclic amines) is 1. The zero-order chi connectivity index (χ0) is 13.8. The predicted molar refractivity (Wildman–Crippen MR) is 79.2 cm³/mol. The van der Waals surface area contributed by atoms with Gasteiger partial charge in [0.05, 0.1) is 11.4 Å². The monoisotopic (exact) mass is 264 g/mol. The minimum Gasteiger partial charge on any atom is -0.311 e. The molecule has 0 bridgehead atoms. The van der Waals surface area contributed by atoms with Crippen LogP contribution in [0.25, 0.3) is 0 Å². The van der Waals surface area contributed by atoms with Gasteiger partial charge < -0.3 is 10.2 Å². The van der Waals surface area contributed by atoms with Gasteiger partial charge in [-0.1, -0.05) is 0 Å². The molecule has 0 radical (unpaired) electrons. The summed E-state index contributed by atoms with van der Waals surface area (Å²) < 4.78 is 2.09. The number of aromatic nitrogens is 2. The smallest absolute Gasteiger partial charge is 0.0597 e. The van der Waals surface area contributed by atoms with Gasteiger partial charge in [-0.15, -0.1) is 0 Å². The summed E-state index contributed by atoms with van der Waals surface area (Å²) in [6.45, 7) is 14.3. The largest absolute Gasteiger partial charge is 0.311 e. The Hall–Kier alpha value is -0.870. The quantitative estimate of drug-likeness (QED) is 0.853. The molecule has 1 unspecified atom stereocenters. The average molecular weight is 264 g/mol. The molecule has 0 spiro atoms. The SMILES string of the molecule is CCn1nc(C)cc1CNCC1CCN(C(C)C)C1. The Morgan fingerprint density at radius 3 is 2.89 bits per heavy atom. The summed E-state index contributed by atoms with van der Waals surface area (Å²) in [7, 11) is 0. The first-order valence-corrected chi connectivity index (χ1v) is 7.58. The first kappa shape index (κ1) is 14.5.